The molecule has 0 saturated carbocycles. The SMILES string of the molecule is COc1ccc(/C(O)=C2/C(=O)C(=O)N(Cc3cccs3)C2c2cccnc2)cc1OC. The van der Waals surface area contributed by atoms with Crippen LogP contribution in [0.25, 0.3) is 5.76 Å². The number of benzene rings is 1. The highest BCUT2D eigenvalue weighted by atomic mass is 32.1. The van der Waals surface area contributed by atoms with E-state index in [1.165, 1.54) is 30.5 Å². The first-order valence-corrected chi connectivity index (χ1v) is 10.4. The van der Waals surface area contributed by atoms with Crippen molar-refractivity contribution in [1.29, 1.82) is 0 Å². The van der Waals surface area contributed by atoms with E-state index in [0.717, 1.165) is 4.88 Å². The molecule has 1 N–H and O–H groups in total. The molecule has 1 aliphatic rings. The molecule has 31 heavy (non-hydrogen) atoms. The zero-order chi connectivity index (χ0) is 22.0. The molecular formula is C23H20N2O5S. The highest BCUT2D eigenvalue weighted by Crippen LogP contribution is 2.41. The summed E-state index contributed by atoms with van der Waals surface area (Å²) in [6.07, 6.45) is 3.21. The van der Waals surface area contributed by atoms with Gasteiger partial charge in [-0.1, -0.05) is 12.1 Å². The van der Waals surface area contributed by atoms with E-state index in [-0.39, 0.29) is 17.9 Å². The number of amides is 1. The van der Waals surface area contributed by atoms with Gasteiger partial charge in [-0.2, -0.15) is 0 Å². The van der Waals surface area contributed by atoms with Gasteiger partial charge in [-0.15, -0.1) is 11.3 Å². The molecule has 0 radical (unpaired) electrons. The van der Waals surface area contributed by atoms with E-state index in [1.54, 1.807) is 42.7 Å². The number of Topliss-reactive ketones (excluding diaryl/α,β-unsaturated/α-hetero) is 1. The number of pyridine rings is 1. The number of rotatable bonds is 6. The van der Waals surface area contributed by atoms with Crippen molar-refractivity contribution in [3.63, 3.8) is 0 Å². The monoisotopic (exact) mass is 436 g/mol. The number of ether oxygens (including phenoxy) is 2. The number of aromatic nitrogens is 1. The van der Waals surface area contributed by atoms with Crippen LogP contribution in [0, 0.1) is 0 Å². The number of carbonyl (C=O) groups is 2. The molecule has 0 bridgehead atoms. The van der Waals surface area contributed by atoms with E-state index in [0.29, 0.717) is 22.6 Å². The summed E-state index contributed by atoms with van der Waals surface area (Å²) in [5.74, 6) is -0.790. The summed E-state index contributed by atoms with van der Waals surface area (Å²) in [5, 5.41) is 13.0. The van der Waals surface area contributed by atoms with Crippen molar-refractivity contribution in [2.75, 3.05) is 14.2 Å². The lowest BCUT2D eigenvalue weighted by molar-refractivity contribution is -0.140. The summed E-state index contributed by atoms with van der Waals surface area (Å²) in [5.41, 5.74) is 1.00. The first-order valence-electron chi connectivity index (χ1n) is 9.48. The fourth-order valence-electron chi connectivity index (χ4n) is 3.64. The molecule has 3 heterocycles. The number of ketones is 1. The highest BCUT2D eigenvalue weighted by molar-refractivity contribution is 7.09. The largest absolute Gasteiger partial charge is 0.507 e. The summed E-state index contributed by atoms with van der Waals surface area (Å²) >= 11 is 1.50. The van der Waals surface area contributed by atoms with Crippen molar-refractivity contribution in [1.82, 2.24) is 9.88 Å². The van der Waals surface area contributed by atoms with E-state index in [2.05, 4.69) is 4.98 Å². The van der Waals surface area contributed by atoms with Crippen molar-refractivity contribution in [3.05, 3.63) is 81.8 Å². The maximum absolute atomic E-state index is 13.0. The van der Waals surface area contributed by atoms with Crippen LogP contribution < -0.4 is 9.47 Å². The van der Waals surface area contributed by atoms with Crippen LogP contribution >= 0.6 is 11.3 Å². The Balaban J connectivity index is 1.86. The zero-order valence-electron chi connectivity index (χ0n) is 16.9. The molecule has 0 spiro atoms. The third-order valence-electron chi connectivity index (χ3n) is 5.10. The molecule has 1 aliphatic heterocycles. The number of methoxy groups -OCH3 is 2. The number of aliphatic hydroxyl groups excluding tert-OH is 1. The maximum atomic E-state index is 13.0. The average Bonchev–Trinajstić information content (AvgIpc) is 3.41. The van der Waals surface area contributed by atoms with Crippen molar-refractivity contribution < 1.29 is 24.2 Å². The van der Waals surface area contributed by atoms with Crippen molar-refractivity contribution in [2.24, 2.45) is 0 Å². The molecule has 1 atom stereocenters. The Labute approximate surface area is 183 Å². The Kier molecular flexibility index (Phi) is 5.73. The molecule has 1 saturated heterocycles. The highest BCUT2D eigenvalue weighted by Gasteiger charge is 2.46. The quantitative estimate of drug-likeness (QED) is 0.359. The van der Waals surface area contributed by atoms with Gasteiger partial charge in [0.2, 0.25) is 0 Å². The maximum Gasteiger partial charge on any atom is 0.295 e. The molecule has 8 heteroatoms. The minimum atomic E-state index is -0.760. The lowest BCUT2D eigenvalue weighted by Crippen LogP contribution is -2.28. The second-order valence-electron chi connectivity index (χ2n) is 6.86. The third-order valence-corrected chi connectivity index (χ3v) is 5.96. The first kappa shape index (κ1) is 20.6. The van der Waals surface area contributed by atoms with Crippen LogP contribution in [-0.4, -0.2) is 40.9 Å². The predicted molar refractivity (Wildman–Crippen MR) is 116 cm³/mol. The lowest BCUT2D eigenvalue weighted by atomic mass is 9.96. The normalized spacial score (nSPS) is 17.7. The van der Waals surface area contributed by atoms with Crippen LogP contribution in [0.4, 0.5) is 0 Å². The van der Waals surface area contributed by atoms with Crippen LogP contribution in [0.3, 0.4) is 0 Å². The molecule has 4 rings (SSSR count). The Morgan fingerprint density at radius 1 is 1.13 bits per heavy atom. The molecular weight excluding hydrogens is 416 g/mol. The molecule has 7 nitrogen and oxygen atoms in total. The molecule has 1 fully saturated rings. The van der Waals surface area contributed by atoms with E-state index in [9.17, 15) is 14.7 Å². The van der Waals surface area contributed by atoms with Crippen LogP contribution in [0.15, 0.2) is 65.8 Å². The summed E-state index contributed by atoms with van der Waals surface area (Å²) in [7, 11) is 2.99. The second-order valence-corrected chi connectivity index (χ2v) is 7.89. The summed E-state index contributed by atoms with van der Waals surface area (Å²) in [4.78, 5) is 32.5. The summed E-state index contributed by atoms with van der Waals surface area (Å²) in [6.45, 7) is 0.254. The van der Waals surface area contributed by atoms with Gasteiger partial charge in [-0.3, -0.25) is 14.6 Å². The van der Waals surface area contributed by atoms with Crippen LogP contribution in [-0.2, 0) is 16.1 Å². The van der Waals surface area contributed by atoms with E-state index in [1.807, 2.05) is 17.5 Å². The standard InChI is InChI=1S/C23H20N2O5S/c1-29-17-8-7-14(11-18(17)30-2)21(26)19-20(15-5-3-9-24-12-15)25(23(28)22(19)27)13-16-6-4-10-31-16/h3-12,20,26H,13H2,1-2H3/b21-19-. The zero-order valence-corrected chi connectivity index (χ0v) is 17.8. The fourth-order valence-corrected chi connectivity index (χ4v) is 4.34. The first-order chi connectivity index (χ1) is 15.0. The van der Waals surface area contributed by atoms with Crippen molar-refractivity contribution >= 4 is 28.8 Å². The topological polar surface area (TPSA) is 89.0 Å². The molecule has 158 valence electrons. The summed E-state index contributed by atoms with van der Waals surface area (Å²) in [6, 6.07) is 11.4. The number of thiophene rings is 1. The number of hydrogen-bond acceptors (Lipinski definition) is 7. The average molecular weight is 436 g/mol. The number of likely N-dealkylation sites (tertiary alicyclic amines) is 1. The minimum Gasteiger partial charge on any atom is -0.507 e. The van der Waals surface area contributed by atoms with Crippen LogP contribution in [0.1, 0.15) is 22.0 Å². The Hall–Kier alpha value is -3.65. The smallest absolute Gasteiger partial charge is 0.295 e. The van der Waals surface area contributed by atoms with Gasteiger partial charge >= 0.3 is 0 Å². The summed E-state index contributed by atoms with van der Waals surface area (Å²) < 4.78 is 10.6. The lowest BCUT2D eigenvalue weighted by Gasteiger charge is -2.24. The van der Waals surface area contributed by atoms with Crippen molar-refractivity contribution in [2.45, 2.75) is 12.6 Å². The van der Waals surface area contributed by atoms with Gasteiger partial charge in [0.1, 0.15) is 5.76 Å². The van der Waals surface area contributed by atoms with Crippen LogP contribution in [0.2, 0.25) is 0 Å². The molecule has 1 aromatic carbocycles. The number of aliphatic hydroxyl groups is 1. The van der Waals surface area contributed by atoms with Crippen LogP contribution in [0.5, 0.6) is 11.5 Å². The molecule has 2 aromatic heterocycles. The van der Waals surface area contributed by atoms with Gasteiger partial charge in [0.25, 0.3) is 11.7 Å². The van der Waals surface area contributed by atoms with Gasteiger partial charge in [-0.05, 0) is 41.3 Å². The van der Waals surface area contributed by atoms with Gasteiger partial charge in [0.05, 0.1) is 32.4 Å². The Morgan fingerprint density at radius 2 is 1.94 bits per heavy atom. The Bertz CT molecular complexity index is 1140. The molecule has 0 aliphatic carbocycles. The van der Waals surface area contributed by atoms with Gasteiger partial charge in [-0.25, -0.2) is 0 Å². The van der Waals surface area contributed by atoms with E-state index in [4.69, 9.17) is 9.47 Å². The molecule has 1 unspecified atom stereocenters. The van der Waals surface area contributed by atoms with Gasteiger partial charge in [0.15, 0.2) is 11.5 Å². The third kappa shape index (κ3) is 3.77. The van der Waals surface area contributed by atoms with Gasteiger partial charge in [0, 0.05) is 22.8 Å². The second kappa shape index (κ2) is 8.61. The van der Waals surface area contributed by atoms with E-state index < -0.39 is 17.7 Å². The Morgan fingerprint density at radius 3 is 2.58 bits per heavy atom. The fraction of sp³-hybridized carbons (Fsp3) is 0.174. The predicted octanol–water partition coefficient (Wildman–Crippen LogP) is 3.78. The molecule has 1 amide bonds. The number of carbonyl (C=O) groups excluding carboxylic acids is 2. The van der Waals surface area contributed by atoms with Crippen molar-refractivity contribution in [3.8, 4) is 11.5 Å². The van der Waals surface area contributed by atoms with E-state index >= 15 is 0 Å². The number of hydrogen-bond donors (Lipinski definition) is 1. The van der Waals surface area contributed by atoms with Gasteiger partial charge < -0.3 is 19.5 Å². The number of nitrogens with zero attached hydrogens (tertiary/aromatic N) is 2. The molecule has 3 aromatic rings. The minimum absolute atomic E-state index is 0.0155.